The Morgan fingerprint density at radius 2 is 1.90 bits per heavy atom. The molecule has 6 heteroatoms. The monoisotopic (exact) mass is 279 g/mol. The van der Waals surface area contributed by atoms with Gasteiger partial charge in [0.15, 0.2) is 11.3 Å². The van der Waals surface area contributed by atoms with Crippen molar-refractivity contribution in [1.82, 2.24) is 4.90 Å². The second-order valence-electron chi connectivity index (χ2n) is 5.26. The predicted octanol–water partition coefficient (Wildman–Crippen LogP) is 1.23. The summed E-state index contributed by atoms with van der Waals surface area (Å²) in [5.41, 5.74) is -2.01. The highest BCUT2D eigenvalue weighted by molar-refractivity contribution is 5.79. The van der Waals surface area contributed by atoms with Crippen LogP contribution in [0.4, 0.5) is 4.79 Å². The third-order valence-corrected chi connectivity index (χ3v) is 3.74. The fourth-order valence-corrected chi connectivity index (χ4v) is 2.35. The van der Waals surface area contributed by atoms with Crippen molar-refractivity contribution in [1.29, 1.82) is 0 Å². The second-order valence-corrected chi connectivity index (χ2v) is 5.26. The lowest BCUT2D eigenvalue weighted by Crippen LogP contribution is -2.57. The molecule has 0 aliphatic carbocycles. The Balaban J connectivity index is 2.28. The van der Waals surface area contributed by atoms with Crippen molar-refractivity contribution in [3.8, 4) is 0 Å². The number of carbonyl (C=O) groups excluding carboxylic acids is 1. The van der Waals surface area contributed by atoms with E-state index in [4.69, 9.17) is 9.84 Å². The first kappa shape index (κ1) is 14.3. The molecular formula is C14H17NO5. The lowest BCUT2D eigenvalue weighted by Gasteiger charge is -2.36. The summed E-state index contributed by atoms with van der Waals surface area (Å²) in [5, 5.41) is 19.4. The van der Waals surface area contributed by atoms with Crippen LogP contribution in [0.2, 0.25) is 0 Å². The number of carbonyl (C=O) groups is 2. The zero-order chi connectivity index (χ0) is 15.0. The molecule has 0 unspecified atom stereocenters. The van der Waals surface area contributed by atoms with Gasteiger partial charge in [0, 0.05) is 6.42 Å². The number of amides is 1. The molecule has 1 aliphatic rings. The van der Waals surface area contributed by atoms with E-state index in [2.05, 4.69) is 0 Å². The van der Waals surface area contributed by atoms with E-state index < -0.39 is 29.9 Å². The highest BCUT2D eigenvalue weighted by Gasteiger charge is 2.59. The van der Waals surface area contributed by atoms with Crippen LogP contribution >= 0.6 is 0 Å². The van der Waals surface area contributed by atoms with Crippen LogP contribution in [0.1, 0.15) is 19.4 Å². The molecule has 108 valence electrons. The molecular weight excluding hydrogens is 262 g/mol. The molecule has 1 aliphatic heterocycles. The highest BCUT2D eigenvalue weighted by Crippen LogP contribution is 2.39. The van der Waals surface area contributed by atoms with Gasteiger partial charge < -0.3 is 14.9 Å². The number of rotatable bonds is 4. The summed E-state index contributed by atoms with van der Waals surface area (Å²) in [6.07, 6.45) is -0.529. The van der Waals surface area contributed by atoms with Crippen molar-refractivity contribution in [2.75, 3.05) is 6.54 Å². The van der Waals surface area contributed by atoms with Gasteiger partial charge in [-0.15, -0.1) is 0 Å². The molecule has 0 spiro atoms. The van der Waals surface area contributed by atoms with Crippen LogP contribution in [0.3, 0.4) is 0 Å². The minimum Gasteiger partial charge on any atom is -0.480 e. The number of nitrogens with zero attached hydrogens (tertiary/aromatic N) is 1. The number of carboxylic acids is 1. The number of carboxylic acid groups (broad SMARTS) is 1. The average Bonchev–Trinajstić information content (AvgIpc) is 2.50. The molecule has 0 bridgehead atoms. The molecule has 1 heterocycles. The first-order chi connectivity index (χ1) is 9.26. The smallest absolute Gasteiger partial charge is 0.413 e. The van der Waals surface area contributed by atoms with Crippen LogP contribution in [0.25, 0.3) is 0 Å². The molecule has 0 radical (unpaired) electrons. The van der Waals surface area contributed by atoms with Crippen LogP contribution in [0.15, 0.2) is 30.3 Å². The minimum atomic E-state index is -1.70. The second kappa shape index (κ2) is 4.79. The van der Waals surface area contributed by atoms with Gasteiger partial charge in [-0.05, 0) is 19.4 Å². The molecule has 2 rings (SSSR count). The van der Waals surface area contributed by atoms with Gasteiger partial charge in [0.25, 0.3) is 0 Å². The maximum Gasteiger partial charge on any atom is 0.413 e. The Morgan fingerprint density at radius 3 is 2.45 bits per heavy atom. The first-order valence-corrected chi connectivity index (χ1v) is 6.25. The number of hydrogen-bond acceptors (Lipinski definition) is 4. The van der Waals surface area contributed by atoms with E-state index in [1.54, 1.807) is 6.92 Å². The Labute approximate surface area is 116 Å². The molecule has 6 nitrogen and oxygen atoms in total. The normalized spacial score (nSPS) is 29.4. The zero-order valence-electron chi connectivity index (χ0n) is 11.4. The largest absolute Gasteiger partial charge is 0.480 e. The highest BCUT2D eigenvalue weighted by atomic mass is 16.6. The van der Waals surface area contributed by atoms with Crippen LogP contribution < -0.4 is 0 Å². The molecule has 1 saturated heterocycles. The van der Waals surface area contributed by atoms with E-state index in [1.165, 1.54) is 6.92 Å². The molecule has 2 atom stereocenters. The van der Waals surface area contributed by atoms with Crippen molar-refractivity contribution in [3.63, 3.8) is 0 Å². The first-order valence-electron chi connectivity index (χ1n) is 6.25. The lowest BCUT2D eigenvalue weighted by atomic mass is 9.87. The Hall–Kier alpha value is -2.08. The van der Waals surface area contributed by atoms with Gasteiger partial charge in [0.1, 0.15) is 6.54 Å². The number of benzene rings is 1. The van der Waals surface area contributed by atoms with E-state index in [0.29, 0.717) is 6.42 Å². The summed E-state index contributed by atoms with van der Waals surface area (Å²) in [7, 11) is 0. The average molecular weight is 279 g/mol. The standard InChI is InChI=1S/C14H17NO5/c1-13(8-10-6-4-3-5-7-10)14(2,19)15(9-11(16)17)12(18)20-13/h3-7,19H,8-9H2,1-2H3,(H,16,17)/t13-,14+/m1/s1. The van der Waals surface area contributed by atoms with Crippen LogP contribution in [-0.2, 0) is 16.0 Å². The molecule has 2 N–H and O–H groups in total. The minimum absolute atomic E-state index is 0.294. The van der Waals surface area contributed by atoms with Crippen LogP contribution in [0, 0.1) is 0 Å². The van der Waals surface area contributed by atoms with Gasteiger partial charge in [-0.2, -0.15) is 0 Å². The summed E-state index contributed by atoms with van der Waals surface area (Å²) < 4.78 is 5.26. The quantitative estimate of drug-likeness (QED) is 0.865. The van der Waals surface area contributed by atoms with Gasteiger partial charge in [-0.25, -0.2) is 4.79 Å². The SMILES string of the molecule is C[C@]1(Cc2ccccc2)OC(=O)N(CC(=O)O)[C@@]1(C)O. The molecule has 1 fully saturated rings. The number of aliphatic carboxylic acids is 1. The predicted molar refractivity (Wildman–Crippen MR) is 70.0 cm³/mol. The molecule has 0 aromatic heterocycles. The van der Waals surface area contributed by atoms with E-state index in [1.807, 2.05) is 30.3 Å². The van der Waals surface area contributed by atoms with Crippen molar-refractivity contribution in [2.24, 2.45) is 0 Å². The van der Waals surface area contributed by atoms with Crippen LogP contribution in [0.5, 0.6) is 0 Å². The summed E-state index contributed by atoms with van der Waals surface area (Å²) in [6.45, 7) is 2.39. The van der Waals surface area contributed by atoms with Crippen molar-refractivity contribution in [3.05, 3.63) is 35.9 Å². The van der Waals surface area contributed by atoms with Crippen molar-refractivity contribution < 1.29 is 24.5 Å². The van der Waals surface area contributed by atoms with E-state index in [9.17, 15) is 14.7 Å². The molecule has 20 heavy (non-hydrogen) atoms. The van der Waals surface area contributed by atoms with Gasteiger partial charge in [-0.3, -0.25) is 9.69 Å². The van der Waals surface area contributed by atoms with Gasteiger partial charge in [-0.1, -0.05) is 30.3 Å². The molecule has 1 aromatic carbocycles. The van der Waals surface area contributed by atoms with Gasteiger partial charge in [0.2, 0.25) is 0 Å². The Bertz CT molecular complexity index is 528. The molecule has 1 aromatic rings. The fraction of sp³-hybridized carbons (Fsp3) is 0.429. The van der Waals surface area contributed by atoms with Crippen LogP contribution in [-0.4, -0.2) is 45.0 Å². The lowest BCUT2D eigenvalue weighted by molar-refractivity contribution is -0.153. The molecule has 0 saturated carbocycles. The summed E-state index contributed by atoms with van der Waals surface area (Å²) in [5.74, 6) is -1.20. The van der Waals surface area contributed by atoms with E-state index >= 15 is 0 Å². The number of cyclic esters (lactones) is 1. The third-order valence-electron chi connectivity index (χ3n) is 3.74. The van der Waals surface area contributed by atoms with Crippen molar-refractivity contribution in [2.45, 2.75) is 31.6 Å². The summed E-state index contributed by atoms with van der Waals surface area (Å²) in [6, 6.07) is 9.27. The number of hydrogen-bond donors (Lipinski definition) is 2. The van der Waals surface area contributed by atoms with E-state index in [-0.39, 0.29) is 0 Å². The molecule has 1 amide bonds. The number of aliphatic hydroxyl groups is 1. The Morgan fingerprint density at radius 1 is 1.30 bits per heavy atom. The zero-order valence-corrected chi connectivity index (χ0v) is 11.4. The van der Waals surface area contributed by atoms with Gasteiger partial charge >= 0.3 is 12.1 Å². The van der Waals surface area contributed by atoms with Gasteiger partial charge in [0.05, 0.1) is 0 Å². The third kappa shape index (κ3) is 2.34. The van der Waals surface area contributed by atoms with Crippen molar-refractivity contribution >= 4 is 12.1 Å². The number of ether oxygens (including phenoxy) is 1. The fourth-order valence-electron chi connectivity index (χ4n) is 2.35. The summed E-state index contributed by atoms with van der Waals surface area (Å²) >= 11 is 0. The maximum absolute atomic E-state index is 11.8. The Kier molecular flexibility index (Phi) is 3.43. The summed E-state index contributed by atoms with van der Waals surface area (Å²) in [4.78, 5) is 23.4. The maximum atomic E-state index is 11.8. The topological polar surface area (TPSA) is 87.1 Å². The van der Waals surface area contributed by atoms with E-state index in [0.717, 1.165) is 10.5 Å².